The van der Waals surface area contributed by atoms with E-state index in [1.807, 2.05) is 12.3 Å². The number of piperidine rings is 1. The summed E-state index contributed by atoms with van der Waals surface area (Å²) in [6, 6.07) is 12.5. The first-order valence-electron chi connectivity index (χ1n) is 8.57. The molecule has 1 saturated heterocycles. The molecule has 0 unspecified atom stereocenters. The van der Waals surface area contributed by atoms with Gasteiger partial charge in [0.2, 0.25) is 0 Å². The second-order valence-corrected chi connectivity index (χ2v) is 6.79. The Labute approximate surface area is 147 Å². The van der Waals surface area contributed by atoms with Gasteiger partial charge in [0.25, 0.3) is 0 Å². The number of nitrogens with zero attached hydrogens (tertiary/aromatic N) is 4. The molecule has 24 heavy (non-hydrogen) atoms. The van der Waals surface area contributed by atoms with Gasteiger partial charge in [-0.2, -0.15) is 5.10 Å². The van der Waals surface area contributed by atoms with Crippen LogP contribution >= 0.6 is 11.6 Å². The molecule has 1 aliphatic rings. The van der Waals surface area contributed by atoms with Gasteiger partial charge in [-0.1, -0.05) is 42.8 Å². The Morgan fingerprint density at radius 3 is 2.54 bits per heavy atom. The van der Waals surface area contributed by atoms with Crippen molar-refractivity contribution < 1.29 is 0 Å². The fraction of sp³-hybridized carbons (Fsp3) is 0.368. The standard InChI is InChI=1S/C19H21ClN4/c1-2-23-11-9-15(10-12-23)14-3-5-16(6-4-14)17-13-21-19-8-7-18(20)22-24(17)19/h3-8,13,15H,2,9-12H2,1H3. The van der Waals surface area contributed by atoms with Crippen molar-refractivity contribution in [1.29, 1.82) is 0 Å². The summed E-state index contributed by atoms with van der Waals surface area (Å²) < 4.78 is 1.80. The van der Waals surface area contributed by atoms with Gasteiger partial charge in [0.15, 0.2) is 5.65 Å². The molecule has 1 aliphatic heterocycles. The van der Waals surface area contributed by atoms with E-state index in [1.165, 1.54) is 31.5 Å². The molecule has 1 fully saturated rings. The molecule has 0 saturated carbocycles. The van der Waals surface area contributed by atoms with E-state index in [-0.39, 0.29) is 0 Å². The Bertz CT molecular complexity index is 832. The lowest BCUT2D eigenvalue weighted by Crippen LogP contribution is -2.32. The van der Waals surface area contributed by atoms with Crippen molar-refractivity contribution in [3.8, 4) is 11.3 Å². The molecule has 2 aromatic heterocycles. The zero-order valence-electron chi connectivity index (χ0n) is 13.8. The Kier molecular flexibility index (Phi) is 4.25. The monoisotopic (exact) mass is 340 g/mol. The molecule has 124 valence electrons. The Morgan fingerprint density at radius 2 is 1.83 bits per heavy atom. The molecule has 0 radical (unpaired) electrons. The van der Waals surface area contributed by atoms with E-state index in [9.17, 15) is 0 Å². The minimum absolute atomic E-state index is 0.473. The van der Waals surface area contributed by atoms with E-state index in [0.29, 0.717) is 11.1 Å². The number of hydrogen-bond acceptors (Lipinski definition) is 3. The third-order valence-corrected chi connectivity index (χ3v) is 5.24. The predicted molar refractivity (Wildman–Crippen MR) is 97.5 cm³/mol. The SMILES string of the molecule is CCN1CCC(c2ccc(-c3cnc4ccc(Cl)nn34)cc2)CC1. The van der Waals surface area contributed by atoms with Gasteiger partial charge in [-0.3, -0.25) is 0 Å². The second kappa shape index (κ2) is 6.54. The normalized spacial score (nSPS) is 16.8. The maximum absolute atomic E-state index is 6.02. The topological polar surface area (TPSA) is 33.4 Å². The van der Waals surface area contributed by atoms with Crippen LogP contribution in [0.5, 0.6) is 0 Å². The van der Waals surface area contributed by atoms with Crippen LogP contribution in [0.15, 0.2) is 42.6 Å². The highest BCUT2D eigenvalue weighted by Crippen LogP contribution is 2.30. The highest BCUT2D eigenvalue weighted by atomic mass is 35.5. The molecule has 3 aromatic rings. The van der Waals surface area contributed by atoms with E-state index >= 15 is 0 Å². The van der Waals surface area contributed by atoms with Gasteiger partial charge in [0.05, 0.1) is 11.9 Å². The van der Waals surface area contributed by atoms with Gasteiger partial charge in [-0.15, -0.1) is 0 Å². The van der Waals surface area contributed by atoms with Crippen molar-refractivity contribution in [3.05, 3.63) is 53.3 Å². The largest absolute Gasteiger partial charge is 0.304 e. The van der Waals surface area contributed by atoms with Crippen molar-refractivity contribution in [1.82, 2.24) is 19.5 Å². The minimum atomic E-state index is 0.473. The fourth-order valence-corrected chi connectivity index (χ4v) is 3.69. The lowest BCUT2D eigenvalue weighted by molar-refractivity contribution is 0.222. The zero-order valence-corrected chi connectivity index (χ0v) is 14.6. The summed E-state index contributed by atoms with van der Waals surface area (Å²) in [6.45, 7) is 5.82. The van der Waals surface area contributed by atoms with Crippen molar-refractivity contribution in [2.24, 2.45) is 0 Å². The van der Waals surface area contributed by atoms with Crippen LogP contribution in [-0.4, -0.2) is 39.1 Å². The molecule has 0 amide bonds. The number of rotatable bonds is 3. The van der Waals surface area contributed by atoms with Crippen molar-refractivity contribution in [2.75, 3.05) is 19.6 Å². The van der Waals surface area contributed by atoms with E-state index < -0.39 is 0 Å². The highest BCUT2D eigenvalue weighted by Gasteiger charge is 2.19. The van der Waals surface area contributed by atoms with Gasteiger partial charge in [0, 0.05) is 5.56 Å². The Hall–Kier alpha value is -1.91. The zero-order chi connectivity index (χ0) is 16.5. The number of likely N-dealkylation sites (tertiary alicyclic amines) is 1. The molecule has 0 aliphatic carbocycles. The predicted octanol–water partition coefficient (Wildman–Crippen LogP) is 4.25. The summed E-state index contributed by atoms with van der Waals surface area (Å²) >= 11 is 6.02. The molecular formula is C19H21ClN4. The quantitative estimate of drug-likeness (QED) is 0.714. The van der Waals surface area contributed by atoms with E-state index in [2.05, 4.69) is 46.2 Å². The van der Waals surface area contributed by atoms with E-state index in [0.717, 1.165) is 23.4 Å². The fourth-order valence-electron chi connectivity index (χ4n) is 3.56. The first-order valence-corrected chi connectivity index (χ1v) is 8.95. The molecule has 1 aromatic carbocycles. The molecule has 0 atom stereocenters. The van der Waals surface area contributed by atoms with Crippen molar-refractivity contribution in [2.45, 2.75) is 25.7 Å². The van der Waals surface area contributed by atoms with Gasteiger partial charge in [-0.25, -0.2) is 9.50 Å². The maximum atomic E-state index is 6.02. The smallest absolute Gasteiger partial charge is 0.154 e. The van der Waals surface area contributed by atoms with Crippen LogP contribution in [-0.2, 0) is 0 Å². The average molecular weight is 341 g/mol. The molecule has 0 N–H and O–H groups in total. The minimum Gasteiger partial charge on any atom is -0.304 e. The average Bonchev–Trinajstić information content (AvgIpc) is 3.05. The van der Waals surface area contributed by atoms with Crippen LogP contribution < -0.4 is 0 Å². The van der Waals surface area contributed by atoms with Crippen molar-refractivity contribution in [3.63, 3.8) is 0 Å². The van der Waals surface area contributed by atoms with Crippen LogP contribution in [0.1, 0.15) is 31.2 Å². The Morgan fingerprint density at radius 1 is 1.08 bits per heavy atom. The number of fused-ring (bicyclic) bond motifs is 1. The van der Waals surface area contributed by atoms with Gasteiger partial charge < -0.3 is 4.90 Å². The van der Waals surface area contributed by atoms with Crippen molar-refractivity contribution >= 4 is 17.2 Å². The van der Waals surface area contributed by atoms with Gasteiger partial charge in [0.1, 0.15) is 5.15 Å². The molecular weight excluding hydrogens is 320 g/mol. The maximum Gasteiger partial charge on any atom is 0.154 e. The highest BCUT2D eigenvalue weighted by molar-refractivity contribution is 6.29. The van der Waals surface area contributed by atoms with Crippen LogP contribution in [0.4, 0.5) is 0 Å². The molecule has 0 spiro atoms. The van der Waals surface area contributed by atoms with Crippen LogP contribution in [0.3, 0.4) is 0 Å². The molecule has 0 bridgehead atoms. The number of hydrogen-bond donors (Lipinski definition) is 0. The molecule has 3 heterocycles. The van der Waals surface area contributed by atoms with Gasteiger partial charge >= 0.3 is 0 Å². The second-order valence-electron chi connectivity index (χ2n) is 6.40. The summed E-state index contributed by atoms with van der Waals surface area (Å²) in [5.41, 5.74) is 4.34. The summed E-state index contributed by atoms with van der Waals surface area (Å²) in [6.07, 6.45) is 4.35. The van der Waals surface area contributed by atoms with E-state index in [4.69, 9.17) is 11.6 Å². The molecule has 4 nitrogen and oxygen atoms in total. The summed E-state index contributed by atoms with van der Waals surface area (Å²) in [4.78, 5) is 6.93. The Balaban J connectivity index is 1.58. The summed E-state index contributed by atoms with van der Waals surface area (Å²) in [5.74, 6) is 0.677. The number of halogens is 1. The van der Waals surface area contributed by atoms with Gasteiger partial charge in [-0.05, 0) is 56.1 Å². The van der Waals surface area contributed by atoms with E-state index in [1.54, 1.807) is 10.6 Å². The first-order chi connectivity index (χ1) is 11.7. The van der Waals surface area contributed by atoms with Crippen LogP contribution in [0.2, 0.25) is 5.15 Å². The van der Waals surface area contributed by atoms with Crippen LogP contribution in [0.25, 0.3) is 16.9 Å². The molecule has 4 rings (SSSR count). The lowest BCUT2D eigenvalue weighted by atomic mass is 9.89. The summed E-state index contributed by atoms with van der Waals surface area (Å²) in [5, 5.41) is 4.83. The molecule has 5 heteroatoms. The third-order valence-electron chi connectivity index (χ3n) is 5.04. The first kappa shape index (κ1) is 15.6. The lowest BCUT2D eigenvalue weighted by Gasteiger charge is -2.31. The summed E-state index contributed by atoms with van der Waals surface area (Å²) in [7, 11) is 0. The number of benzene rings is 1. The third kappa shape index (κ3) is 2.92. The van der Waals surface area contributed by atoms with Crippen LogP contribution in [0, 0.1) is 0 Å². The number of imidazole rings is 1. The number of aromatic nitrogens is 3.